The van der Waals surface area contributed by atoms with Crippen LogP contribution in [0, 0.1) is 0 Å². The van der Waals surface area contributed by atoms with Gasteiger partial charge in [0.25, 0.3) is 0 Å². The van der Waals surface area contributed by atoms with Gasteiger partial charge in [0.1, 0.15) is 5.75 Å². The average Bonchev–Trinajstić information content (AvgIpc) is 3.04. The Hall–Kier alpha value is -1.62. The number of methoxy groups -OCH3 is 2. The largest absolute Gasteiger partial charge is 0.493 e. The van der Waals surface area contributed by atoms with Crippen molar-refractivity contribution in [2.24, 2.45) is 0 Å². The van der Waals surface area contributed by atoms with Crippen molar-refractivity contribution in [3.05, 3.63) is 36.2 Å². The molecular weight excluding hydrogens is 391 g/mol. The van der Waals surface area contributed by atoms with Crippen LogP contribution in [0.3, 0.4) is 0 Å². The van der Waals surface area contributed by atoms with E-state index in [-0.39, 0.29) is 41.1 Å². The Kier molecular flexibility index (Phi) is 7.66. The molecule has 0 amide bonds. The summed E-state index contributed by atoms with van der Waals surface area (Å²) in [6.07, 6.45) is 1.55. The number of anilines is 2. The van der Waals surface area contributed by atoms with E-state index in [2.05, 4.69) is 20.4 Å². The first-order chi connectivity index (χ1) is 12.5. The van der Waals surface area contributed by atoms with E-state index in [1.165, 1.54) is 26.4 Å². The number of halogens is 2. The summed E-state index contributed by atoms with van der Waals surface area (Å²) in [5.74, 6) is 1.06. The minimum atomic E-state index is -2.90. The summed E-state index contributed by atoms with van der Waals surface area (Å²) >= 11 is 0. The van der Waals surface area contributed by atoms with Crippen LogP contribution < -0.4 is 24.8 Å². The molecule has 0 aliphatic carbocycles. The maximum atomic E-state index is 12.7. The fraction of sp³-hybridized carbons (Fsp3) is 0.312. The molecule has 3 rings (SSSR count). The summed E-state index contributed by atoms with van der Waals surface area (Å²) in [7, 11) is 1.57. The molecule has 7 nitrogen and oxygen atoms in total. The van der Waals surface area contributed by atoms with E-state index in [0.29, 0.717) is 28.6 Å². The molecule has 0 spiro atoms. The van der Waals surface area contributed by atoms with E-state index >= 15 is 0 Å². The first-order valence-electron chi connectivity index (χ1n) is 7.56. The summed E-state index contributed by atoms with van der Waals surface area (Å²) in [5, 5.41) is 6.05. The van der Waals surface area contributed by atoms with Gasteiger partial charge in [0.15, 0.2) is 17.0 Å². The molecule has 0 fully saturated rings. The molecule has 1 aliphatic rings. The quantitative estimate of drug-likeness (QED) is 0.681. The van der Waals surface area contributed by atoms with E-state index in [1.807, 2.05) is 0 Å². The van der Waals surface area contributed by atoms with Crippen molar-refractivity contribution in [3.63, 3.8) is 0 Å². The monoisotopic (exact) mass is 408 g/mol. The predicted octanol–water partition coefficient (Wildman–Crippen LogP) is 2.39. The molecule has 1 aromatic heterocycles. The Bertz CT molecular complexity index is 828. The molecule has 27 heavy (non-hydrogen) atoms. The summed E-state index contributed by atoms with van der Waals surface area (Å²) < 4.78 is 52.2. The van der Waals surface area contributed by atoms with Crippen LogP contribution in [0.2, 0.25) is 0 Å². The number of rotatable bonds is 7. The normalized spacial score (nSPS) is 15.8. The third kappa shape index (κ3) is 5.01. The van der Waals surface area contributed by atoms with Crippen molar-refractivity contribution >= 4 is 51.7 Å². The molecule has 2 unspecified atom stereocenters. The molecule has 11 heteroatoms. The molecule has 2 heterocycles. The molecule has 141 valence electrons. The topological polar surface area (TPSA) is 81.7 Å². The number of alkyl halides is 2. The maximum Gasteiger partial charge on any atom is 0.387 e. The second-order valence-corrected chi connectivity index (χ2v) is 6.79. The zero-order valence-electron chi connectivity index (χ0n) is 15.0. The van der Waals surface area contributed by atoms with Crippen molar-refractivity contribution < 1.29 is 27.2 Å². The number of nitrogens with zero attached hydrogens (tertiary/aromatic N) is 1. The molecule has 2 N–H and O–H groups in total. The van der Waals surface area contributed by atoms with Crippen LogP contribution in [0.25, 0.3) is 0 Å². The summed E-state index contributed by atoms with van der Waals surface area (Å²) in [5.41, 5.74) is 1.07. The number of fused-ring (bicyclic) bond motifs is 1. The van der Waals surface area contributed by atoms with Crippen molar-refractivity contribution in [1.29, 1.82) is 0 Å². The van der Waals surface area contributed by atoms with E-state index < -0.39 is 22.9 Å². The second kappa shape index (κ2) is 9.54. The zero-order valence-corrected chi connectivity index (χ0v) is 17.8. The average molecular weight is 408 g/mol. The third-order valence-electron chi connectivity index (χ3n) is 3.70. The predicted molar refractivity (Wildman–Crippen MR) is 99.0 cm³/mol. The van der Waals surface area contributed by atoms with Gasteiger partial charge in [-0.1, -0.05) is 0 Å². The van der Waals surface area contributed by atoms with E-state index in [0.717, 1.165) is 0 Å². The van der Waals surface area contributed by atoms with Crippen molar-refractivity contribution in [2.75, 3.05) is 24.9 Å². The second-order valence-electron chi connectivity index (χ2n) is 5.27. The summed E-state index contributed by atoms with van der Waals surface area (Å²) in [6.45, 7) is -2.90. The van der Waals surface area contributed by atoms with Crippen LogP contribution in [0.15, 0.2) is 30.5 Å². The van der Waals surface area contributed by atoms with Gasteiger partial charge in [-0.15, -0.1) is 0 Å². The standard InChI is InChI=1S/C16H17F2N3O4S.Na/c1-23-13-5-6-19-12(14(13)24-2)8-26(22)16-20-10-4-3-9(25-15(17)18)7-11(10)21-16;/h3-7,15-16,20-21H,8H2,1-2H3;. The molecule has 2 aromatic rings. The molecule has 0 saturated carbocycles. The molecular formula is C16H17F2N3NaO4S. The molecule has 1 aromatic carbocycles. The maximum absolute atomic E-state index is 12.7. The number of hydrogen-bond acceptors (Lipinski definition) is 7. The SMILES string of the molecule is COc1ccnc(CS(=O)C2Nc3ccc(OC(F)F)cc3N2)c1OC.[Na]. The summed E-state index contributed by atoms with van der Waals surface area (Å²) in [6, 6.07) is 6.08. The Labute approximate surface area is 179 Å². The zero-order chi connectivity index (χ0) is 18.7. The smallest absolute Gasteiger partial charge is 0.387 e. The Morgan fingerprint density at radius 3 is 2.59 bits per heavy atom. The van der Waals surface area contributed by atoms with Crippen LogP contribution in [0.4, 0.5) is 20.2 Å². The Balaban J connectivity index is 0.00000261. The van der Waals surface area contributed by atoms with Gasteiger partial charge in [-0.3, -0.25) is 9.19 Å². The van der Waals surface area contributed by atoms with Gasteiger partial charge < -0.3 is 24.8 Å². The minimum absolute atomic E-state index is 0. The molecule has 0 bridgehead atoms. The Morgan fingerprint density at radius 2 is 1.93 bits per heavy atom. The molecule has 2 atom stereocenters. The minimum Gasteiger partial charge on any atom is -0.493 e. The van der Waals surface area contributed by atoms with Crippen LogP contribution in [0.5, 0.6) is 17.2 Å². The molecule has 1 aliphatic heterocycles. The number of pyridine rings is 1. The van der Waals surface area contributed by atoms with Gasteiger partial charge >= 0.3 is 6.61 Å². The van der Waals surface area contributed by atoms with E-state index in [1.54, 1.807) is 18.3 Å². The number of benzene rings is 1. The van der Waals surface area contributed by atoms with Crippen LogP contribution >= 0.6 is 0 Å². The number of ether oxygens (including phenoxy) is 3. The fourth-order valence-electron chi connectivity index (χ4n) is 2.57. The van der Waals surface area contributed by atoms with Gasteiger partial charge in [-0.05, 0) is 12.1 Å². The van der Waals surface area contributed by atoms with Crippen molar-refractivity contribution in [3.8, 4) is 17.2 Å². The van der Waals surface area contributed by atoms with Crippen molar-refractivity contribution in [2.45, 2.75) is 17.9 Å². The first kappa shape index (κ1) is 21.7. The van der Waals surface area contributed by atoms with Gasteiger partial charge in [0.05, 0.1) is 47.8 Å². The van der Waals surface area contributed by atoms with Crippen LogP contribution in [-0.4, -0.2) is 65.1 Å². The fourth-order valence-corrected chi connectivity index (χ4v) is 3.72. The number of nitrogens with one attached hydrogen (secondary N) is 2. The van der Waals surface area contributed by atoms with Crippen LogP contribution in [0.1, 0.15) is 5.69 Å². The van der Waals surface area contributed by atoms with Crippen molar-refractivity contribution in [1.82, 2.24) is 4.98 Å². The molecule has 0 saturated heterocycles. The molecule has 1 radical (unpaired) electrons. The first-order valence-corrected chi connectivity index (χ1v) is 8.95. The van der Waals surface area contributed by atoms with Gasteiger partial charge in [-0.25, -0.2) is 0 Å². The van der Waals surface area contributed by atoms with E-state index in [4.69, 9.17) is 9.47 Å². The van der Waals surface area contributed by atoms with Gasteiger partial charge in [0, 0.05) is 47.9 Å². The summed E-state index contributed by atoms with van der Waals surface area (Å²) in [4.78, 5) is 4.21. The van der Waals surface area contributed by atoms with Gasteiger partial charge in [0.2, 0.25) is 0 Å². The van der Waals surface area contributed by atoms with E-state index in [9.17, 15) is 13.0 Å². The third-order valence-corrected chi connectivity index (χ3v) is 5.02. The van der Waals surface area contributed by atoms with Gasteiger partial charge in [-0.2, -0.15) is 8.78 Å². The number of aromatic nitrogens is 1. The Morgan fingerprint density at radius 1 is 1.19 bits per heavy atom. The number of hydrogen-bond donors (Lipinski definition) is 2. The van der Waals surface area contributed by atoms with Crippen LogP contribution in [-0.2, 0) is 16.6 Å².